The number of hydrogen-bond donors (Lipinski definition) is 2. The van der Waals surface area contributed by atoms with Crippen LogP contribution in [0.4, 0.5) is 20.6 Å². The second-order valence-corrected chi connectivity index (χ2v) is 8.75. The van der Waals surface area contributed by atoms with Gasteiger partial charge in [0, 0.05) is 34.6 Å². The smallest absolute Gasteiger partial charge is 0.323 e. The van der Waals surface area contributed by atoms with Gasteiger partial charge in [-0.1, -0.05) is 23.4 Å². The average molecular weight is 501 g/mol. The van der Waals surface area contributed by atoms with Gasteiger partial charge < -0.3 is 19.7 Å². The van der Waals surface area contributed by atoms with Crippen molar-refractivity contribution in [2.45, 2.75) is 11.4 Å². The maximum Gasteiger partial charge on any atom is 0.323 e. The van der Waals surface area contributed by atoms with Crippen LogP contribution in [0.1, 0.15) is 5.56 Å². The molecule has 0 radical (unpaired) electrons. The Balaban J connectivity index is 1.19. The van der Waals surface area contributed by atoms with Crippen molar-refractivity contribution in [1.82, 2.24) is 19.7 Å². The van der Waals surface area contributed by atoms with Crippen LogP contribution in [0.5, 0.6) is 0 Å². The quantitative estimate of drug-likeness (QED) is 0.260. The van der Waals surface area contributed by atoms with E-state index < -0.39 is 0 Å². The van der Waals surface area contributed by atoms with E-state index in [0.29, 0.717) is 29.3 Å². The van der Waals surface area contributed by atoms with Crippen LogP contribution >= 0.6 is 11.8 Å². The summed E-state index contributed by atoms with van der Waals surface area (Å²) in [6.45, 7) is 0.569. The van der Waals surface area contributed by atoms with Crippen LogP contribution in [0.25, 0.3) is 23.0 Å². The molecule has 0 atom stereocenters. The Bertz CT molecular complexity index is 1480. The SMILES string of the molecule is CSc1cccc(NC(=O)Nc2ccc(Cn3cnc(-c4nc(-c5ccc(F)cc5)no4)c3)cc2)c1. The summed E-state index contributed by atoms with van der Waals surface area (Å²) in [6.07, 6.45) is 5.48. The lowest BCUT2D eigenvalue weighted by atomic mass is 10.2. The molecule has 0 fully saturated rings. The number of carbonyl (C=O) groups excluding carboxylic acids is 1. The van der Waals surface area contributed by atoms with Crippen molar-refractivity contribution in [3.05, 3.63) is 96.7 Å². The summed E-state index contributed by atoms with van der Waals surface area (Å²) >= 11 is 1.62. The molecule has 8 nitrogen and oxygen atoms in total. The van der Waals surface area contributed by atoms with Gasteiger partial charge in [0.25, 0.3) is 5.89 Å². The number of aromatic nitrogens is 4. The number of anilines is 2. The normalized spacial score (nSPS) is 10.8. The highest BCUT2D eigenvalue weighted by atomic mass is 32.2. The van der Waals surface area contributed by atoms with Gasteiger partial charge in [-0.3, -0.25) is 0 Å². The third-order valence-corrected chi connectivity index (χ3v) is 6.01. The Morgan fingerprint density at radius 2 is 1.81 bits per heavy atom. The Morgan fingerprint density at radius 3 is 2.58 bits per heavy atom. The van der Waals surface area contributed by atoms with Crippen molar-refractivity contribution in [2.24, 2.45) is 0 Å². The summed E-state index contributed by atoms with van der Waals surface area (Å²) in [6, 6.07) is 20.8. The molecule has 5 rings (SSSR count). The predicted octanol–water partition coefficient (Wildman–Crippen LogP) is 6.15. The molecule has 10 heteroatoms. The number of hydrogen-bond acceptors (Lipinski definition) is 6. The van der Waals surface area contributed by atoms with E-state index in [1.807, 2.05) is 65.6 Å². The van der Waals surface area contributed by atoms with Gasteiger partial charge in [0.05, 0.1) is 6.33 Å². The van der Waals surface area contributed by atoms with E-state index in [1.165, 1.54) is 12.1 Å². The van der Waals surface area contributed by atoms with Crippen LogP contribution in [-0.4, -0.2) is 32.0 Å². The minimum atomic E-state index is -0.328. The largest absolute Gasteiger partial charge is 0.332 e. The number of thioether (sulfide) groups is 1. The lowest BCUT2D eigenvalue weighted by Crippen LogP contribution is -2.19. The van der Waals surface area contributed by atoms with Gasteiger partial charge >= 0.3 is 6.03 Å². The fourth-order valence-corrected chi connectivity index (χ4v) is 3.96. The van der Waals surface area contributed by atoms with E-state index in [0.717, 1.165) is 16.1 Å². The molecule has 0 unspecified atom stereocenters. The van der Waals surface area contributed by atoms with Gasteiger partial charge in [-0.15, -0.1) is 11.8 Å². The molecule has 36 heavy (non-hydrogen) atoms. The van der Waals surface area contributed by atoms with Gasteiger partial charge in [0.2, 0.25) is 5.82 Å². The summed E-state index contributed by atoms with van der Waals surface area (Å²) < 4.78 is 20.4. The molecule has 0 aliphatic heterocycles. The first kappa shape index (κ1) is 23.3. The molecular formula is C26H21FN6O2S. The number of carbonyl (C=O) groups is 1. The molecule has 5 aromatic rings. The standard InChI is InChI=1S/C26H21FN6O2S/c1-36-22-4-2-3-21(13-22)30-26(34)29-20-11-5-17(6-12-20)14-33-15-23(28-16-33)25-31-24(32-35-25)18-7-9-19(27)10-8-18/h2-13,15-16H,14H2,1H3,(H2,29,30,34). The van der Waals surface area contributed by atoms with Gasteiger partial charge in [0.15, 0.2) is 0 Å². The zero-order valence-corrected chi connectivity index (χ0v) is 20.0. The second kappa shape index (κ2) is 10.4. The number of nitrogens with one attached hydrogen (secondary N) is 2. The molecule has 2 aromatic heterocycles. The van der Waals surface area contributed by atoms with Crippen molar-refractivity contribution in [1.29, 1.82) is 0 Å². The molecular weight excluding hydrogens is 479 g/mol. The molecule has 0 aliphatic carbocycles. The highest BCUT2D eigenvalue weighted by molar-refractivity contribution is 7.98. The number of benzene rings is 3. The van der Waals surface area contributed by atoms with Crippen LogP contribution in [0.2, 0.25) is 0 Å². The Hall–Kier alpha value is -4.44. The maximum atomic E-state index is 13.1. The van der Waals surface area contributed by atoms with Crippen LogP contribution in [0.15, 0.2) is 94.7 Å². The molecule has 0 saturated carbocycles. The van der Waals surface area contributed by atoms with E-state index in [1.54, 1.807) is 30.2 Å². The van der Waals surface area contributed by atoms with Crippen molar-refractivity contribution in [3.63, 3.8) is 0 Å². The molecule has 0 bridgehead atoms. The number of urea groups is 1. The van der Waals surface area contributed by atoms with Crippen LogP contribution in [-0.2, 0) is 6.54 Å². The zero-order valence-electron chi connectivity index (χ0n) is 19.2. The lowest BCUT2D eigenvalue weighted by molar-refractivity contribution is 0.262. The first-order valence-electron chi connectivity index (χ1n) is 11.0. The first-order chi connectivity index (χ1) is 17.6. The molecule has 2 N–H and O–H groups in total. The van der Waals surface area contributed by atoms with Gasteiger partial charge in [-0.25, -0.2) is 14.2 Å². The highest BCUT2D eigenvalue weighted by Gasteiger charge is 2.13. The number of halogens is 1. The monoisotopic (exact) mass is 500 g/mol. The Kier molecular flexibility index (Phi) is 6.76. The van der Waals surface area contributed by atoms with Crippen molar-refractivity contribution >= 4 is 29.2 Å². The summed E-state index contributed by atoms with van der Waals surface area (Å²) in [5, 5.41) is 9.63. The Morgan fingerprint density at radius 1 is 1.03 bits per heavy atom. The topological polar surface area (TPSA) is 97.9 Å². The molecule has 0 aliphatic rings. The average Bonchev–Trinajstić information content (AvgIpc) is 3.56. The molecule has 180 valence electrons. The van der Waals surface area contributed by atoms with Gasteiger partial charge in [0.1, 0.15) is 11.5 Å². The van der Waals surface area contributed by atoms with Crippen LogP contribution in [0, 0.1) is 5.82 Å². The maximum absolute atomic E-state index is 13.1. The van der Waals surface area contributed by atoms with E-state index in [9.17, 15) is 9.18 Å². The summed E-state index contributed by atoms with van der Waals surface area (Å²) in [5.41, 5.74) is 3.63. The van der Waals surface area contributed by atoms with E-state index in [2.05, 4.69) is 25.8 Å². The fourth-order valence-electron chi connectivity index (χ4n) is 3.50. The van der Waals surface area contributed by atoms with E-state index >= 15 is 0 Å². The third kappa shape index (κ3) is 5.61. The van der Waals surface area contributed by atoms with Gasteiger partial charge in [-0.05, 0) is 66.4 Å². The molecule has 2 heterocycles. The van der Waals surface area contributed by atoms with Crippen molar-refractivity contribution in [3.8, 4) is 23.0 Å². The zero-order chi connectivity index (χ0) is 24.9. The summed E-state index contributed by atoms with van der Waals surface area (Å²) in [7, 11) is 0. The predicted molar refractivity (Wildman–Crippen MR) is 137 cm³/mol. The van der Waals surface area contributed by atoms with Crippen LogP contribution < -0.4 is 10.6 Å². The summed E-state index contributed by atoms with van der Waals surface area (Å²) in [4.78, 5) is 22.1. The number of nitrogens with zero attached hydrogens (tertiary/aromatic N) is 4. The number of imidazole rings is 1. The fraction of sp³-hybridized carbons (Fsp3) is 0.0769. The minimum Gasteiger partial charge on any atom is -0.332 e. The highest BCUT2D eigenvalue weighted by Crippen LogP contribution is 2.22. The molecule has 0 saturated heterocycles. The van der Waals surface area contributed by atoms with Crippen LogP contribution in [0.3, 0.4) is 0 Å². The van der Waals surface area contributed by atoms with Crippen molar-refractivity contribution < 1.29 is 13.7 Å². The first-order valence-corrected chi connectivity index (χ1v) is 12.2. The number of amides is 2. The van der Waals surface area contributed by atoms with Crippen molar-refractivity contribution in [2.75, 3.05) is 16.9 Å². The minimum absolute atomic E-state index is 0.279. The Labute approximate surface area is 210 Å². The number of rotatable bonds is 7. The molecule has 0 spiro atoms. The summed E-state index contributed by atoms with van der Waals surface area (Å²) in [5.74, 6) is 0.315. The van der Waals surface area contributed by atoms with E-state index in [-0.39, 0.29) is 17.7 Å². The second-order valence-electron chi connectivity index (χ2n) is 7.87. The molecule has 3 aromatic carbocycles. The van der Waals surface area contributed by atoms with Gasteiger partial charge in [-0.2, -0.15) is 4.98 Å². The van der Waals surface area contributed by atoms with E-state index in [4.69, 9.17) is 4.52 Å². The molecule has 2 amide bonds. The lowest BCUT2D eigenvalue weighted by Gasteiger charge is -2.09. The third-order valence-electron chi connectivity index (χ3n) is 5.29.